The Morgan fingerprint density at radius 3 is 2.95 bits per heavy atom. The first-order chi connectivity index (χ1) is 10.4. The van der Waals surface area contributed by atoms with E-state index in [0.29, 0.717) is 12.4 Å². The molecule has 0 aromatic carbocycles. The highest BCUT2D eigenvalue weighted by Gasteiger charge is 2.03. The summed E-state index contributed by atoms with van der Waals surface area (Å²) in [5.74, 6) is 0.496. The lowest BCUT2D eigenvalue weighted by Gasteiger charge is -2.07. The van der Waals surface area contributed by atoms with E-state index in [1.807, 2.05) is 22.9 Å². The fourth-order valence-corrected chi connectivity index (χ4v) is 1.94. The van der Waals surface area contributed by atoms with E-state index in [-0.39, 0.29) is 13.2 Å². The van der Waals surface area contributed by atoms with E-state index in [4.69, 9.17) is 9.84 Å². The number of fused-ring (bicyclic) bond motifs is 1. The average molecular weight is 285 g/mol. The molecule has 0 fully saturated rings. The topological polar surface area (TPSA) is 84.6 Å². The first-order valence-corrected chi connectivity index (χ1v) is 6.56. The molecule has 0 atom stereocenters. The Kier molecular flexibility index (Phi) is 3.92. The van der Waals surface area contributed by atoms with Gasteiger partial charge >= 0.3 is 0 Å². The maximum atomic E-state index is 8.68. The van der Waals surface area contributed by atoms with E-state index >= 15 is 0 Å². The van der Waals surface area contributed by atoms with Gasteiger partial charge in [-0.25, -0.2) is 9.97 Å². The van der Waals surface area contributed by atoms with Crippen LogP contribution in [0.5, 0.6) is 5.88 Å². The van der Waals surface area contributed by atoms with Gasteiger partial charge in [0.2, 0.25) is 5.88 Å². The molecule has 0 aliphatic heterocycles. The highest BCUT2D eigenvalue weighted by molar-refractivity contribution is 5.43. The fourth-order valence-electron chi connectivity index (χ4n) is 1.94. The SMILES string of the molecule is OCCOc1ccc(NCc2cnc3cnccn23)cn1. The minimum atomic E-state index is -0.0230. The van der Waals surface area contributed by atoms with Crippen molar-refractivity contribution in [1.29, 1.82) is 0 Å². The summed E-state index contributed by atoms with van der Waals surface area (Å²) >= 11 is 0. The van der Waals surface area contributed by atoms with Crippen molar-refractivity contribution in [3.63, 3.8) is 0 Å². The number of pyridine rings is 1. The number of hydrogen-bond donors (Lipinski definition) is 2. The number of aliphatic hydroxyl groups is 1. The lowest BCUT2D eigenvalue weighted by molar-refractivity contribution is 0.196. The van der Waals surface area contributed by atoms with Crippen LogP contribution in [0.4, 0.5) is 5.69 Å². The Bertz CT molecular complexity index is 711. The first kappa shape index (κ1) is 13.3. The molecule has 7 nitrogen and oxygen atoms in total. The molecule has 0 saturated carbocycles. The zero-order valence-corrected chi connectivity index (χ0v) is 11.3. The summed E-state index contributed by atoms with van der Waals surface area (Å²) in [7, 11) is 0. The van der Waals surface area contributed by atoms with Crippen LogP contribution in [0.1, 0.15) is 5.69 Å². The minimum Gasteiger partial charge on any atom is -0.475 e. The van der Waals surface area contributed by atoms with Crippen molar-refractivity contribution >= 4 is 11.3 Å². The number of imidazole rings is 1. The van der Waals surface area contributed by atoms with Crippen LogP contribution < -0.4 is 10.1 Å². The molecule has 0 saturated heterocycles. The monoisotopic (exact) mass is 285 g/mol. The van der Waals surface area contributed by atoms with Crippen LogP contribution in [0.15, 0.2) is 43.1 Å². The number of nitrogens with one attached hydrogen (secondary N) is 1. The van der Waals surface area contributed by atoms with Gasteiger partial charge in [0.05, 0.1) is 43.1 Å². The fraction of sp³-hybridized carbons (Fsp3) is 0.214. The van der Waals surface area contributed by atoms with Gasteiger partial charge in [0.25, 0.3) is 0 Å². The molecule has 21 heavy (non-hydrogen) atoms. The molecule has 3 aromatic heterocycles. The van der Waals surface area contributed by atoms with E-state index in [1.165, 1.54) is 0 Å². The Morgan fingerprint density at radius 1 is 1.19 bits per heavy atom. The largest absolute Gasteiger partial charge is 0.475 e. The molecule has 2 N–H and O–H groups in total. The van der Waals surface area contributed by atoms with Crippen molar-refractivity contribution in [2.45, 2.75) is 6.54 Å². The first-order valence-electron chi connectivity index (χ1n) is 6.56. The van der Waals surface area contributed by atoms with Crippen molar-refractivity contribution in [1.82, 2.24) is 19.4 Å². The summed E-state index contributed by atoms with van der Waals surface area (Å²) < 4.78 is 7.19. The third-order valence-corrected chi connectivity index (χ3v) is 2.95. The molecule has 3 aromatic rings. The van der Waals surface area contributed by atoms with Gasteiger partial charge in [-0.05, 0) is 6.07 Å². The van der Waals surface area contributed by atoms with Gasteiger partial charge < -0.3 is 15.2 Å². The van der Waals surface area contributed by atoms with E-state index in [2.05, 4.69) is 20.3 Å². The van der Waals surface area contributed by atoms with E-state index in [1.54, 1.807) is 24.7 Å². The van der Waals surface area contributed by atoms with Gasteiger partial charge in [0, 0.05) is 18.5 Å². The molecule has 0 bridgehead atoms. The van der Waals surface area contributed by atoms with Gasteiger partial charge in [0.15, 0.2) is 5.65 Å². The number of nitrogens with zero attached hydrogens (tertiary/aromatic N) is 4. The Hall–Kier alpha value is -2.67. The van der Waals surface area contributed by atoms with Crippen LogP contribution in [0, 0.1) is 0 Å². The summed E-state index contributed by atoms with van der Waals surface area (Å²) in [5.41, 5.74) is 2.74. The lowest BCUT2D eigenvalue weighted by atomic mass is 10.4. The molecule has 108 valence electrons. The van der Waals surface area contributed by atoms with Gasteiger partial charge in [-0.3, -0.25) is 9.38 Å². The molecule has 3 heterocycles. The number of aromatic nitrogens is 4. The number of aliphatic hydroxyl groups excluding tert-OH is 1. The lowest BCUT2D eigenvalue weighted by Crippen LogP contribution is -2.05. The second-order valence-electron chi connectivity index (χ2n) is 4.36. The molecule has 0 aliphatic carbocycles. The molecule has 0 amide bonds. The van der Waals surface area contributed by atoms with Crippen LogP contribution in [-0.4, -0.2) is 37.7 Å². The van der Waals surface area contributed by atoms with Crippen LogP contribution in [-0.2, 0) is 6.54 Å². The van der Waals surface area contributed by atoms with E-state index in [0.717, 1.165) is 17.0 Å². The molecule has 0 spiro atoms. The summed E-state index contributed by atoms with van der Waals surface area (Å²) in [4.78, 5) is 12.5. The predicted octanol–water partition coefficient (Wildman–Crippen LogP) is 1.11. The second-order valence-corrected chi connectivity index (χ2v) is 4.36. The standard InChI is InChI=1S/C14H15N5O2/c20-5-6-21-14-2-1-11(7-18-14)16-8-12-9-17-13-10-15-3-4-19(12)13/h1-4,7,9-10,16,20H,5-6,8H2. The highest BCUT2D eigenvalue weighted by atomic mass is 16.5. The Labute approximate surface area is 121 Å². The summed E-state index contributed by atoms with van der Waals surface area (Å²) in [6.45, 7) is 0.851. The minimum absolute atomic E-state index is 0.0230. The van der Waals surface area contributed by atoms with Crippen molar-refractivity contribution in [3.05, 3.63) is 48.8 Å². The van der Waals surface area contributed by atoms with Crippen LogP contribution in [0.2, 0.25) is 0 Å². The van der Waals surface area contributed by atoms with Crippen LogP contribution in [0.25, 0.3) is 5.65 Å². The third kappa shape index (κ3) is 3.09. The molecular formula is C14H15N5O2. The van der Waals surface area contributed by atoms with E-state index < -0.39 is 0 Å². The molecule has 7 heteroatoms. The number of hydrogen-bond acceptors (Lipinski definition) is 6. The van der Waals surface area contributed by atoms with Crippen LogP contribution in [0.3, 0.4) is 0 Å². The summed E-state index contributed by atoms with van der Waals surface area (Å²) in [6.07, 6.45) is 8.84. The maximum absolute atomic E-state index is 8.68. The highest BCUT2D eigenvalue weighted by Crippen LogP contribution is 2.13. The average Bonchev–Trinajstić information content (AvgIpc) is 2.95. The second kappa shape index (κ2) is 6.19. The Morgan fingerprint density at radius 2 is 2.14 bits per heavy atom. The molecule has 0 radical (unpaired) electrons. The molecular weight excluding hydrogens is 270 g/mol. The predicted molar refractivity (Wildman–Crippen MR) is 77.1 cm³/mol. The number of anilines is 1. The molecule has 0 unspecified atom stereocenters. The molecule has 0 aliphatic rings. The van der Waals surface area contributed by atoms with Gasteiger partial charge in [-0.1, -0.05) is 0 Å². The van der Waals surface area contributed by atoms with E-state index in [9.17, 15) is 0 Å². The zero-order valence-electron chi connectivity index (χ0n) is 11.3. The normalized spacial score (nSPS) is 10.7. The van der Waals surface area contributed by atoms with Crippen molar-refractivity contribution < 1.29 is 9.84 Å². The van der Waals surface area contributed by atoms with Gasteiger partial charge in [-0.2, -0.15) is 0 Å². The summed E-state index contributed by atoms with van der Waals surface area (Å²) in [6, 6.07) is 3.64. The smallest absolute Gasteiger partial charge is 0.213 e. The summed E-state index contributed by atoms with van der Waals surface area (Å²) in [5, 5.41) is 12.0. The van der Waals surface area contributed by atoms with Gasteiger partial charge in [0.1, 0.15) is 6.61 Å². The number of rotatable bonds is 6. The maximum Gasteiger partial charge on any atom is 0.213 e. The Balaban J connectivity index is 1.64. The van der Waals surface area contributed by atoms with Crippen molar-refractivity contribution in [3.8, 4) is 5.88 Å². The third-order valence-electron chi connectivity index (χ3n) is 2.95. The zero-order chi connectivity index (χ0) is 14.5. The van der Waals surface area contributed by atoms with Crippen LogP contribution >= 0.6 is 0 Å². The van der Waals surface area contributed by atoms with Gasteiger partial charge in [-0.15, -0.1) is 0 Å². The van der Waals surface area contributed by atoms with Crippen molar-refractivity contribution in [2.24, 2.45) is 0 Å². The number of ether oxygens (including phenoxy) is 1. The van der Waals surface area contributed by atoms with Crippen molar-refractivity contribution in [2.75, 3.05) is 18.5 Å². The molecule has 3 rings (SSSR count). The quantitative estimate of drug-likeness (QED) is 0.705.